The standard InChI is InChI=1S/C19H17FN4O5S.C16H13FN4O3S.C12H11FN2O2.C7H7ClN2O3S.CH4.Li.H2O/c1-3-27-19(25)18-21-9-16(30-18)13-8-15(29-24-13)17-10-6-11(20)14(28-5-4-26-2)7-12(10)22-23-17;1-22-2-3-23-13-5-11-9(4-10(13)17)16(20-19-11)14-6-12(21-24-14)15-7-18-8-25-15;1-3-10-8-6-9(13)12(17-5-4-16-2)7-11(8)15-14-10;1-2-13-7(11)6-9-3-4(14-6)5(8)10-12;;;/h6-9H,3-5H2,1-2H3,(H,22,23);4-8H,2-3H2,1H3,(H,19,20);1,6-7H,4-5H2,2H3,(H,14,15);3,12H,2H2,1H3;1H4;;1H2/q;;;;;+1;/p-1/b;;;10-5-;;;. The van der Waals surface area contributed by atoms with Crippen molar-refractivity contribution in [2.75, 3.05) is 74.2 Å². The zero-order chi connectivity index (χ0) is 61.1. The number of nitrogens with zero attached hydrogens (tertiary/aromatic N) is 9. The van der Waals surface area contributed by atoms with Gasteiger partial charge in [-0.25, -0.2) is 32.7 Å². The Hall–Kier alpha value is -8.73. The Kier molecular flexibility index (Phi) is 27.7. The summed E-state index contributed by atoms with van der Waals surface area (Å²) in [5.74, 6) is 1.11. The summed E-state index contributed by atoms with van der Waals surface area (Å²) in [5.41, 5.74) is 6.01. The Morgan fingerprint density at radius 1 is 0.663 bits per heavy atom. The number of carbonyl (C=O) groups excluding carboxylic acids is 2. The molecule has 0 amide bonds. The van der Waals surface area contributed by atoms with E-state index in [9.17, 15) is 22.8 Å². The third kappa shape index (κ3) is 18.0. The molecule has 5 N–H and O–H groups in total. The third-order valence-electron chi connectivity index (χ3n) is 11.2. The van der Waals surface area contributed by atoms with Crippen LogP contribution in [0.5, 0.6) is 17.2 Å². The monoisotopic (exact) mass is 1300 g/mol. The predicted molar refractivity (Wildman–Crippen MR) is 318 cm³/mol. The molecule has 8 aromatic heterocycles. The first-order chi connectivity index (χ1) is 41.8. The molecule has 26 nitrogen and oxygen atoms in total. The van der Waals surface area contributed by atoms with Crippen molar-refractivity contribution >= 4 is 95.4 Å². The zero-order valence-electron chi connectivity index (χ0n) is 47.2. The Morgan fingerprint density at radius 2 is 1.15 bits per heavy atom. The minimum atomic E-state index is -0.525. The van der Waals surface area contributed by atoms with Gasteiger partial charge in [-0.3, -0.25) is 20.3 Å². The summed E-state index contributed by atoms with van der Waals surface area (Å²) in [7, 11) is 4.65. The second-order valence-electron chi connectivity index (χ2n) is 16.8. The maximum absolute atomic E-state index is 14.4. The van der Waals surface area contributed by atoms with Crippen LogP contribution in [0.1, 0.15) is 51.4 Å². The Morgan fingerprint density at radius 3 is 1.62 bits per heavy atom. The number of methoxy groups -OCH3 is 3. The summed E-state index contributed by atoms with van der Waals surface area (Å²) in [6.07, 6.45) is 9.83. The van der Waals surface area contributed by atoms with Crippen molar-refractivity contribution in [3.05, 3.63) is 111 Å². The van der Waals surface area contributed by atoms with Gasteiger partial charge in [0.15, 0.2) is 51.4 Å². The molecule has 0 aliphatic carbocycles. The molecular formula is C55H53ClF3LiN12O14S3. The van der Waals surface area contributed by atoms with E-state index in [1.807, 2.05) is 0 Å². The number of halogens is 4. The van der Waals surface area contributed by atoms with Gasteiger partial charge in [-0.15, -0.1) is 40.4 Å². The number of aromatic nitrogens is 11. The molecule has 0 aliphatic heterocycles. The molecule has 0 bridgehead atoms. The average molecular weight is 1300 g/mol. The topological polar surface area (TPSA) is 347 Å². The summed E-state index contributed by atoms with van der Waals surface area (Å²) < 4.78 is 93.4. The quantitative estimate of drug-likeness (QED) is 0.0100. The first kappa shape index (κ1) is 71.0. The molecular weight excluding hydrogens is 1250 g/mol. The van der Waals surface area contributed by atoms with E-state index in [1.165, 1.54) is 54.1 Å². The summed E-state index contributed by atoms with van der Waals surface area (Å²) in [4.78, 5) is 36.7. The number of H-pyrrole nitrogens is 3. The van der Waals surface area contributed by atoms with E-state index in [-0.39, 0.29) is 97.2 Å². The summed E-state index contributed by atoms with van der Waals surface area (Å²) in [6.45, 7) is 5.88. The number of esters is 2. The first-order valence-electron chi connectivity index (χ1n) is 25.1. The van der Waals surface area contributed by atoms with Crippen molar-refractivity contribution in [3.63, 3.8) is 0 Å². The molecule has 0 aliphatic rings. The van der Waals surface area contributed by atoms with Gasteiger partial charge < -0.3 is 57.6 Å². The predicted octanol–water partition coefficient (Wildman–Crippen LogP) is 8.05. The minimum Gasteiger partial charge on any atom is -0.870 e. The minimum absolute atomic E-state index is 0. The van der Waals surface area contributed by atoms with Gasteiger partial charge >= 0.3 is 30.8 Å². The normalized spacial score (nSPS) is 10.7. The molecule has 0 radical (unpaired) electrons. The van der Waals surface area contributed by atoms with Gasteiger partial charge in [-0.2, -0.15) is 15.3 Å². The second kappa shape index (κ2) is 34.7. The van der Waals surface area contributed by atoms with Crippen molar-refractivity contribution in [3.8, 4) is 73.6 Å². The number of fused-ring (bicyclic) bond motifs is 3. The van der Waals surface area contributed by atoms with Gasteiger partial charge in [0, 0.05) is 86.4 Å². The zero-order valence-corrected chi connectivity index (χ0v) is 50.4. The van der Waals surface area contributed by atoms with Gasteiger partial charge in [0.05, 0.1) is 69.7 Å². The maximum atomic E-state index is 14.4. The molecule has 0 unspecified atom stereocenters. The number of ether oxygens (including phenoxy) is 8. The SMILES string of the molecule is C.C#Cc1[nH]nc2cc(OCCOC)c(F)cc12.CCOC(=O)c1ncc(-c2cc(-c3n[nH]c4cc(OCCOC)c(F)cc34)on2)s1.CCOC(=O)c1ncc(/C(Cl)=N/O)s1.COCCOc1cc2[nH]nc(-c3cc(-c4cncs4)no3)c2cc1F.[Li+].[OH-]. The van der Waals surface area contributed by atoms with Crippen LogP contribution in [0.2, 0.25) is 0 Å². The van der Waals surface area contributed by atoms with Gasteiger partial charge in [0.2, 0.25) is 10.0 Å². The molecule has 0 fully saturated rings. The number of thiazole rings is 3. The number of carbonyl (C=O) groups is 2. The van der Waals surface area contributed by atoms with E-state index in [0.29, 0.717) is 102 Å². The van der Waals surface area contributed by atoms with E-state index in [4.69, 9.17) is 70.2 Å². The Labute approximate surface area is 532 Å². The number of rotatable bonds is 21. The van der Waals surface area contributed by atoms with Crippen LogP contribution in [0.4, 0.5) is 13.2 Å². The Balaban J connectivity index is 0.000000222. The van der Waals surface area contributed by atoms with Crippen LogP contribution in [0, 0.1) is 29.8 Å². The number of benzene rings is 3. The number of oxime groups is 1. The van der Waals surface area contributed by atoms with Gasteiger partial charge in [-0.1, -0.05) is 40.4 Å². The summed E-state index contributed by atoms with van der Waals surface area (Å²) in [5, 5.41) is 41.9. The first-order valence-corrected chi connectivity index (χ1v) is 28.0. The van der Waals surface area contributed by atoms with Crippen molar-refractivity contribution < 1.29 is 99.2 Å². The molecule has 34 heteroatoms. The van der Waals surface area contributed by atoms with Crippen LogP contribution in [0.25, 0.3) is 76.8 Å². The van der Waals surface area contributed by atoms with E-state index >= 15 is 0 Å². The summed E-state index contributed by atoms with van der Waals surface area (Å²) in [6, 6.07) is 12.0. The fourth-order valence-corrected chi connectivity index (χ4v) is 9.49. The Bertz CT molecular complexity index is 4130. The summed E-state index contributed by atoms with van der Waals surface area (Å²) >= 11 is 9.10. The molecule has 0 atom stereocenters. The van der Waals surface area contributed by atoms with E-state index in [2.05, 4.69) is 66.9 Å². The number of hydrogen-bond donors (Lipinski definition) is 4. The largest absolute Gasteiger partial charge is 1.00 e. The molecule has 0 saturated heterocycles. The van der Waals surface area contributed by atoms with Crippen LogP contribution in [0.3, 0.4) is 0 Å². The fraction of sp³-hybridized carbons (Fsp3) is 0.255. The third-order valence-corrected chi connectivity index (χ3v) is 14.4. The van der Waals surface area contributed by atoms with Crippen LogP contribution in [-0.2, 0) is 23.7 Å². The average Bonchev–Trinajstić information content (AvgIpc) is 1.96. The second-order valence-corrected chi connectivity index (χ2v) is 20.1. The van der Waals surface area contributed by atoms with Crippen LogP contribution >= 0.6 is 45.6 Å². The van der Waals surface area contributed by atoms with Crippen LogP contribution < -0.4 is 33.1 Å². The smallest absolute Gasteiger partial charge is 0.870 e. The fourth-order valence-electron chi connectivity index (χ4n) is 7.30. The van der Waals surface area contributed by atoms with Crippen LogP contribution in [-0.4, -0.2) is 158 Å². The maximum Gasteiger partial charge on any atom is 1.00 e. The van der Waals surface area contributed by atoms with E-state index in [1.54, 1.807) is 65.1 Å². The molecule has 464 valence electrons. The number of hydrogen-bond acceptors (Lipinski definition) is 26. The van der Waals surface area contributed by atoms with Crippen molar-refractivity contribution in [2.45, 2.75) is 21.3 Å². The molecule has 11 aromatic rings. The van der Waals surface area contributed by atoms with Crippen LogP contribution in [0.15, 0.2) is 86.8 Å². The van der Waals surface area contributed by atoms with Crippen molar-refractivity contribution in [2.24, 2.45) is 5.16 Å². The van der Waals surface area contributed by atoms with E-state index in [0.717, 1.165) is 27.6 Å². The number of aromatic amines is 3. The molecule has 0 spiro atoms. The van der Waals surface area contributed by atoms with Gasteiger partial charge in [0.1, 0.15) is 48.3 Å². The molecule has 11 rings (SSSR count). The molecule has 0 saturated carbocycles. The number of nitrogens with one attached hydrogen (secondary N) is 3. The van der Waals surface area contributed by atoms with Crippen molar-refractivity contribution in [1.29, 1.82) is 0 Å². The molecule has 89 heavy (non-hydrogen) atoms. The van der Waals surface area contributed by atoms with Gasteiger partial charge in [0.25, 0.3) is 0 Å². The van der Waals surface area contributed by atoms with Gasteiger partial charge in [-0.05, 0) is 32.0 Å². The van der Waals surface area contributed by atoms with Crippen molar-refractivity contribution in [1.82, 2.24) is 55.9 Å². The molecule has 8 heterocycles. The van der Waals surface area contributed by atoms with E-state index < -0.39 is 29.4 Å². The molecule has 3 aromatic carbocycles. The number of terminal acetylenes is 1.